The van der Waals surface area contributed by atoms with Crippen molar-refractivity contribution in [2.45, 2.75) is 38.8 Å². The van der Waals surface area contributed by atoms with Gasteiger partial charge in [0, 0.05) is 37.1 Å². The number of rotatable bonds is 2. The van der Waals surface area contributed by atoms with Gasteiger partial charge < -0.3 is 10.0 Å². The van der Waals surface area contributed by atoms with Crippen molar-refractivity contribution < 1.29 is 9.90 Å². The van der Waals surface area contributed by atoms with Crippen LogP contribution in [-0.4, -0.2) is 52.7 Å². The molecule has 1 aromatic heterocycles. The van der Waals surface area contributed by atoms with E-state index in [1.807, 2.05) is 13.0 Å². The number of carboxylic acid groups (broad SMARTS) is 1. The van der Waals surface area contributed by atoms with Crippen LogP contribution in [0.25, 0.3) is 0 Å². The van der Waals surface area contributed by atoms with Gasteiger partial charge in [0.05, 0.1) is 5.69 Å². The number of piperazine rings is 1. The number of aromatic carboxylic acids is 1. The summed E-state index contributed by atoms with van der Waals surface area (Å²) in [5, 5.41) is 9.38. The Hall–Kier alpha value is -1.62. The number of pyridine rings is 1. The minimum atomic E-state index is -0.895. The summed E-state index contributed by atoms with van der Waals surface area (Å²) in [7, 11) is 0. The van der Waals surface area contributed by atoms with Crippen LogP contribution in [-0.2, 0) is 0 Å². The summed E-state index contributed by atoms with van der Waals surface area (Å²) in [6.07, 6.45) is 3.96. The molecular formula is C15H21N3O2. The lowest BCUT2D eigenvalue weighted by atomic mass is 10.0. The van der Waals surface area contributed by atoms with Gasteiger partial charge in [-0.25, -0.2) is 4.79 Å². The highest BCUT2D eigenvalue weighted by Crippen LogP contribution is 2.30. The molecule has 2 aliphatic heterocycles. The molecule has 0 spiro atoms. The summed E-state index contributed by atoms with van der Waals surface area (Å²) in [6, 6.07) is 2.82. The number of aromatic nitrogens is 1. The first-order valence-electron chi connectivity index (χ1n) is 7.27. The van der Waals surface area contributed by atoms with Gasteiger partial charge in [-0.3, -0.25) is 9.88 Å². The van der Waals surface area contributed by atoms with Crippen LogP contribution in [0.3, 0.4) is 0 Å². The first-order valence-corrected chi connectivity index (χ1v) is 7.27. The Morgan fingerprint density at radius 3 is 3.00 bits per heavy atom. The summed E-state index contributed by atoms with van der Waals surface area (Å²) >= 11 is 0. The summed E-state index contributed by atoms with van der Waals surface area (Å²) in [6.45, 7) is 7.21. The van der Waals surface area contributed by atoms with E-state index in [4.69, 9.17) is 0 Å². The first-order chi connectivity index (χ1) is 9.56. The van der Waals surface area contributed by atoms with Gasteiger partial charge in [-0.15, -0.1) is 0 Å². The maximum Gasteiger partial charge on any atom is 0.339 e. The van der Waals surface area contributed by atoms with E-state index in [0.717, 1.165) is 24.5 Å². The average molecular weight is 275 g/mol. The number of hydrogen-bond acceptors (Lipinski definition) is 4. The van der Waals surface area contributed by atoms with E-state index in [1.54, 1.807) is 0 Å². The monoisotopic (exact) mass is 275 g/mol. The summed E-state index contributed by atoms with van der Waals surface area (Å²) in [5.74, 6) is -0.895. The Labute approximate surface area is 119 Å². The van der Waals surface area contributed by atoms with E-state index in [1.165, 1.54) is 25.6 Å². The summed E-state index contributed by atoms with van der Waals surface area (Å²) < 4.78 is 0. The second-order valence-corrected chi connectivity index (χ2v) is 5.94. The zero-order chi connectivity index (χ0) is 14.3. The second kappa shape index (κ2) is 5.05. The number of nitrogens with zero attached hydrogens (tertiary/aromatic N) is 3. The van der Waals surface area contributed by atoms with Crippen LogP contribution in [0.4, 0.5) is 5.69 Å². The Kier molecular flexibility index (Phi) is 3.38. The predicted octanol–water partition coefficient (Wildman–Crippen LogP) is 1.76. The average Bonchev–Trinajstić information content (AvgIpc) is 2.84. The first kappa shape index (κ1) is 13.4. The molecule has 5 nitrogen and oxygen atoms in total. The number of hydrogen-bond donors (Lipinski definition) is 1. The smallest absolute Gasteiger partial charge is 0.339 e. The zero-order valence-electron chi connectivity index (χ0n) is 12.0. The molecule has 3 heterocycles. The molecule has 0 radical (unpaired) electrons. The zero-order valence-corrected chi connectivity index (χ0v) is 12.0. The van der Waals surface area contributed by atoms with Crippen molar-refractivity contribution in [1.82, 2.24) is 9.88 Å². The van der Waals surface area contributed by atoms with Crippen molar-refractivity contribution >= 4 is 11.7 Å². The largest absolute Gasteiger partial charge is 0.478 e. The van der Waals surface area contributed by atoms with Crippen molar-refractivity contribution in [1.29, 1.82) is 0 Å². The minimum absolute atomic E-state index is 0.314. The molecule has 2 atom stereocenters. The number of carboxylic acids is 1. The fourth-order valence-electron chi connectivity index (χ4n) is 3.47. The Balaban J connectivity index is 1.95. The highest BCUT2D eigenvalue weighted by Gasteiger charge is 2.35. The number of carbonyl (C=O) groups is 1. The van der Waals surface area contributed by atoms with Gasteiger partial charge >= 0.3 is 5.97 Å². The van der Waals surface area contributed by atoms with E-state index in [9.17, 15) is 9.90 Å². The van der Waals surface area contributed by atoms with Crippen LogP contribution < -0.4 is 4.90 Å². The molecule has 1 aromatic rings. The minimum Gasteiger partial charge on any atom is -0.478 e. The van der Waals surface area contributed by atoms with Crippen molar-refractivity contribution in [3.63, 3.8) is 0 Å². The normalized spacial score (nSPS) is 26.6. The van der Waals surface area contributed by atoms with Crippen LogP contribution in [0.5, 0.6) is 0 Å². The van der Waals surface area contributed by atoms with Crippen LogP contribution in [0.1, 0.15) is 35.8 Å². The van der Waals surface area contributed by atoms with Gasteiger partial charge in [0.1, 0.15) is 5.56 Å². The van der Waals surface area contributed by atoms with Gasteiger partial charge in [0.15, 0.2) is 0 Å². The molecule has 0 amide bonds. The van der Waals surface area contributed by atoms with E-state index in [2.05, 4.69) is 21.7 Å². The number of anilines is 1. The fourth-order valence-corrected chi connectivity index (χ4v) is 3.47. The lowest BCUT2D eigenvalue weighted by Gasteiger charge is -2.44. The molecule has 3 rings (SSSR count). The van der Waals surface area contributed by atoms with Gasteiger partial charge in [0.25, 0.3) is 0 Å². The van der Waals surface area contributed by atoms with Gasteiger partial charge in [0.2, 0.25) is 0 Å². The van der Waals surface area contributed by atoms with E-state index >= 15 is 0 Å². The molecule has 2 aliphatic rings. The Bertz CT molecular complexity index is 532. The van der Waals surface area contributed by atoms with E-state index in [0.29, 0.717) is 17.6 Å². The molecule has 108 valence electrons. The molecule has 1 N–H and O–H groups in total. The van der Waals surface area contributed by atoms with E-state index in [-0.39, 0.29) is 0 Å². The summed E-state index contributed by atoms with van der Waals surface area (Å²) in [5.41, 5.74) is 2.00. The van der Waals surface area contributed by atoms with Crippen LogP contribution >= 0.6 is 0 Å². The lowest BCUT2D eigenvalue weighted by Crippen LogP contribution is -2.55. The Morgan fingerprint density at radius 1 is 1.45 bits per heavy atom. The van der Waals surface area contributed by atoms with Gasteiger partial charge in [-0.1, -0.05) is 0 Å². The molecule has 2 fully saturated rings. The third-order valence-corrected chi connectivity index (χ3v) is 4.50. The molecular weight excluding hydrogens is 254 g/mol. The van der Waals surface area contributed by atoms with Gasteiger partial charge in [-0.2, -0.15) is 0 Å². The highest BCUT2D eigenvalue weighted by atomic mass is 16.4. The molecule has 0 aromatic carbocycles. The standard InChI is InChI=1S/C15H21N3O2/c1-10-6-14(13(7-16-10)15(19)20)18-9-12-4-3-5-17(12)8-11(18)2/h6-7,11-12H,3-5,8-9H2,1-2H3,(H,19,20). The maximum absolute atomic E-state index is 11.4. The Morgan fingerprint density at radius 2 is 2.25 bits per heavy atom. The highest BCUT2D eigenvalue weighted by molar-refractivity contribution is 5.94. The third kappa shape index (κ3) is 2.26. The van der Waals surface area contributed by atoms with Crippen molar-refractivity contribution in [3.05, 3.63) is 23.5 Å². The quantitative estimate of drug-likeness (QED) is 0.891. The number of fused-ring (bicyclic) bond motifs is 1. The molecule has 0 aliphatic carbocycles. The molecule has 5 heteroatoms. The van der Waals surface area contributed by atoms with Crippen LogP contribution in [0.2, 0.25) is 0 Å². The third-order valence-electron chi connectivity index (χ3n) is 4.50. The molecule has 2 saturated heterocycles. The molecule has 0 bridgehead atoms. The van der Waals surface area contributed by atoms with Crippen LogP contribution in [0.15, 0.2) is 12.3 Å². The SMILES string of the molecule is Cc1cc(N2CC3CCCN3CC2C)c(C(=O)O)cn1. The van der Waals surface area contributed by atoms with Crippen LogP contribution in [0, 0.1) is 6.92 Å². The second-order valence-electron chi connectivity index (χ2n) is 5.94. The predicted molar refractivity (Wildman–Crippen MR) is 77.3 cm³/mol. The fraction of sp³-hybridized carbons (Fsp3) is 0.600. The van der Waals surface area contributed by atoms with Gasteiger partial charge in [-0.05, 0) is 39.3 Å². The molecule has 0 saturated carbocycles. The van der Waals surface area contributed by atoms with Crippen molar-refractivity contribution in [3.8, 4) is 0 Å². The van der Waals surface area contributed by atoms with E-state index < -0.39 is 5.97 Å². The lowest BCUT2D eigenvalue weighted by molar-refractivity contribution is 0.0696. The topological polar surface area (TPSA) is 56.7 Å². The molecule has 20 heavy (non-hydrogen) atoms. The van der Waals surface area contributed by atoms with Crippen molar-refractivity contribution in [2.75, 3.05) is 24.5 Å². The number of aryl methyl sites for hydroxylation is 1. The maximum atomic E-state index is 11.4. The van der Waals surface area contributed by atoms with Crippen molar-refractivity contribution in [2.24, 2.45) is 0 Å². The summed E-state index contributed by atoms with van der Waals surface area (Å²) in [4.78, 5) is 20.4. The molecule has 2 unspecified atom stereocenters.